The van der Waals surface area contributed by atoms with E-state index in [9.17, 15) is 9.18 Å². The number of nitrogens with one attached hydrogen (secondary N) is 1. The number of hydrogen-bond donors (Lipinski definition) is 1. The Hall–Kier alpha value is -4.00. The number of aromatic nitrogens is 2. The summed E-state index contributed by atoms with van der Waals surface area (Å²) in [5, 5.41) is 4.95. The Morgan fingerprint density at radius 3 is 2.48 bits per heavy atom. The van der Waals surface area contributed by atoms with Crippen molar-refractivity contribution in [3.63, 3.8) is 0 Å². The fourth-order valence-corrected chi connectivity index (χ4v) is 3.23. The van der Waals surface area contributed by atoms with Crippen molar-refractivity contribution in [3.05, 3.63) is 90.0 Å². The SMILES string of the molecule is COC(=O)c1ccc([C@H](C)Nc2nccc3ccnc(Oc4cccc(F)c4)c23)cc1. The number of carbonyl (C=O) groups excluding carboxylic acids is 1. The summed E-state index contributed by atoms with van der Waals surface area (Å²) < 4.78 is 24.2. The smallest absolute Gasteiger partial charge is 0.337 e. The quantitative estimate of drug-likeness (QED) is 0.417. The number of carbonyl (C=O) groups is 1. The molecular formula is C24H20FN3O3. The van der Waals surface area contributed by atoms with Crippen molar-refractivity contribution in [1.29, 1.82) is 0 Å². The van der Waals surface area contributed by atoms with Gasteiger partial charge >= 0.3 is 5.97 Å². The molecule has 0 aliphatic carbocycles. The number of pyridine rings is 2. The molecule has 156 valence electrons. The van der Waals surface area contributed by atoms with Gasteiger partial charge in [-0.15, -0.1) is 0 Å². The van der Waals surface area contributed by atoms with Crippen molar-refractivity contribution in [2.24, 2.45) is 0 Å². The summed E-state index contributed by atoms with van der Waals surface area (Å²) in [6.45, 7) is 1.98. The molecule has 4 aromatic rings. The molecule has 0 spiro atoms. The van der Waals surface area contributed by atoms with E-state index in [4.69, 9.17) is 9.47 Å². The maximum atomic E-state index is 13.6. The first-order valence-electron chi connectivity index (χ1n) is 9.67. The van der Waals surface area contributed by atoms with Gasteiger partial charge in [0.2, 0.25) is 5.88 Å². The molecule has 0 fully saturated rings. The highest BCUT2D eigenvalue weighted by molar-refractivity contribution is 5.96. The fourth-order valence-electron chi connectivity index (χ4n) is 3.23. The van der Waals surface area contributed by atoms with Crippen LogP contribution in [0.3, 0.4) is 0 Å². The Bertz CT molecular complexity index is 1220. The van der Waals surface area contributed by atoms with Gasteiger partial charge in [0.15, 0.2) is 0 Å². The zero-order valence-electron chi connectivity index (χ0n) is 17.0. The third-order valence-corrected chi connectivity index (χ3v) is 4.84. The third kappa shape index (κ3) is 4.45. The number of hydrogen-bond acceptors (Lipinski definition) is 6. The van der Waals surface area contributed by atoms with E-state index in [1.807, 2.05) is 31.2 Å². The van der Waals surface area contributed by atoms with Gasteiger partial charge < -0.3 is 14.8 Å². The molecule has 2 heterocycles. The molecular weight excluding hydrogens is 397 g/mol. The van der Waals surface area contributed by atoms with E-state index in [0.29, 0.717) is 28.4 Å². The zero-order valence-corrected chi connectivity index (χ0v) is 17.0. The van der Waals surface area contributed by atoms with E-state index in [1.165, 1.54) is 19.2 Å². The van der Waals surface area contributed by atoms with Crippen LogP contribution in [-0.4, -0.2) is 23.0 Å². The minimum atomic E-state index is -0.391. The normalized spacial score (nSPS) is 11.7. The molecule has 31 heavy (non-hydrogen) atoms. The second-order valence-electron chi connectivity index (χ2n) is 6.91. The summed E-state index contributed by atoms with van der Waals surface area (Å²) in [5.74, 6) is 0.487. The number of anilines is 1. The van der Waals surface area contributed by atoms with Gasteiger partial charge in [0.1, 0.15) is 17.4 Å². The number of esters is 1. The number of fused-ring (bicyclic) bond motifs is 1. The monoisotopic (exact) mass is 417 g/mol. The van der Waals surface area contributed by atoms with Crippen LogP contribution in [0, 0.1) is 5.82 Å². The Morgan fingerprint density at radius 2 is 1.77 bits per heavy atom. The van der Waals surface area contributed by atoms with Gasteiger partial charge in [0.25, 0.3) is 0 Å². The summed E-state index contributed by atoms with van der Waals surface area (Å²) in [6.07, 6.45) is 3.33. The van der Waals surface area contributed by atoms with Crippen molar-refractivity contribution in [2.45, 2.75) is 13.0 Å². The predicted octanol–water partition coefficient (Wildman–Crippen LogP) is 5.52. The molecule has 7 heteroatoms. The van der Waals surface area contributed by atoms with Crippen LogP contribution >= 0.6 is 0 Å². The average molecular weight is 417 g/mol. The van der Waals surface area contributed by atoms with Crippen LogP contribution in [0.2, 0.25) is 0 Å². The van der Waals surface area contributed by atoms with Crippen LogP contribution in [0.5, 0.6) is 11.6 Å². The topological polar surface area (TPSA) is 73.3 Å². The lowest BCUT2D eigenvalue weighted by atomic mass is 10.1. The zero-order chi connectivity index (χ0) is 21.8. The van der Waals surface area contributed by atoms with Crippen LogP contribution in [-0.2, 0) is 4.74 Å². The largest absolute Gasteiger partial charge is 0.465 e. The molecule has 0 aliphatic heterocycles. The van der Waals surface area contributed by atoms with Gasteiger partial charge in [-0.3, -0.25) is 0 Å². The molecule has 0 aliphatic rings. The average Bonchev–Trinajstić information content (AvgIpc) is 2.79. The summed E-state index contributed by atoms with van der Waals surface area (Å²) in [4.78, 5) is 20.5. The molecule has 2 aromatic carbocycles. The maximum absolute atomic E-state index is 13.6. The lowest BCUT2D eigenvalue weighted by Gasteiger charge is -2.18. The van der Waals surface area contributed by atoms with Gasteiger partial charge in [-0.25, -0.2) is 19.2 Å². The molecule has 1 N–H and O–H groups in total. The molecule has 0 unspecified atom stereocenters. The van der Waals surface area contributed by atoms with Gasteiger partial charge in [-0.05, 0) is 54.3 Å². The molecule has 4 rings (SSSR count). The number of rotatable bonds is 6. The second-order valence-corrected chi connectivity index (χ2v) is 6.91. The predicted molar refractivity (Wildman–Crippen MR) is 116 cm³/mol. The van der Waals surface area contributed by atoms with E-state index in [0.717, 1.165) is 10.9 Å². The Labute approximate surface area is 178 Å². The second kappa shape index (κ2) is 8.79. The van der Waals surface area contributed by atoms with Crippen LogP contribution < -0.4 is 10.1 Å². The highest BCUT2D eigenvalue weighted by Crippen LogP contribution is 2.33. The summed E-state index contributed by atoms with van der Waals surface area (Å²) in [5.41, 5.74) is 1.44. The fraction of sp³-hybridized carbons (Fsp3) is 0.125. The van der Waals surface area contributed by atoms with Gasteiger partial charge in [0.05, 0.1) is 18.1 Å². The van der Waals surface area contributed by atoms with Crippen molar-refractivity contribution in [1.82, 2.24) is 9.97 Å². The van der Waals surface area contributed by atoms with E-state index in [2.05, 4.69) is 15.3 Å². The maximum Gasteiger partial charge on any atom is 0.337 e. The van der Waals surface area contributed by atoms with Gasteiger partial charge in [-0.2, -0.15) is 0 Å². The number of methoxy groups -OCH3 is 1. The van der Waals surface area contributed by atoms with Crippen LogP contribution in [0.4, 0.5) is 10.2 Å². The summed E-state index contributed by atoms with van der Waals surface area (Å²) in [7, 11) is 1.35. The molecule has 0 saturated carbocycles. The number of nitrogens with zero attached hydrogens (tertiary/aromatic N) is 2. The molecule has 0 bridgehead atoms. The molecule has 0 amide bonds. The Morgan fingerprint density at radius 1 is 1.03 bits per heavy atom. The summed E-state index contributed by atoms with van der Waals surface area (Å²) in [6, 6.07) is 16.6. The van der Waals surface area contributed by atoms with E-state index >= 15 is 0 Å². The standard InChI is InChI=1S/C24H20FN3O3/c1-15(16-6-8-18(9-7-16)24(29)30-2)28-22-21-17(10-12-26-22)11-13-27-23(21)31-20-5-3-4-19(25)14-20/h3-15H,1-2H3,(H,26,28)/t15-/m0/s1. The molecule has 0 saturated heterocycles. The lowest BCUT2D eigenvalue weighted by Crippen LogP contribution is -2.09. The molecule has 0 radical (unpaired) electrons. The third-order valence-electron chi connectivity index (χ3n) is 4.84. The minimum Gasteiger partial charge on any atom is -0.465 e. The first-order chi connectivity index (χ1) is 15.0. The van der Waals surface area contributed by atoms with Crippen molar-refractivity contribution >= 4 is 22.6 Å². The summed E-state index contributed by atoms with van der Waals surface area (Å²) >= 11 is 0. The van der Waals surface area contributed by atoms with Crippen molar-refractivity contribution in [2.75, 3.05) is 12.4 Å². The Balaban J connectivity index is 1.65. The van der Waals surface area contributed by atoms with Crippen LogP contribution in [0.25, 0.3) is 10.8 Å². The van der Waals surface area contributed by atoms with Crippen LogP contribution in [0.1, 0.15) is 28.9 Å². The van der Waals surface area contributed by atoms with Crippen molar-refractivity contribution < 1.29 is 18.7 Å². The highest BCUT2D eigenvalue weighted by Gasteiger charge is 2.15. The van der Waals surface area contributed by atoms with Gasteiger partial charge in [-0.1, -0.05) is 18.2 Å². The number of benzene rings is 2. The molecule has 6 nitrogen and oxygen atoms in total. The lowest BCUT2D eigenvalue weighted by molar-refractivity contribution is 0.0600. The molecule has 2 aromatic heterocycles. The Kier molecular flexibility index (Phi) is 5.75. The first kappa shape index (κ1) is 20.3. The van der Waals surface area contributed by atoms with Gasteiger partial charge in [0, 0.05) is 24.5 Å². The minimum absolute atomic E-state index is 0.118. The first-order valence-corrected chi connectivity index (χ1v) is 9.67. The molecule has 1 atom stereocenters. The van der Waals surface area contributed by atoms with Crippen LogP contribution in [0.15, 0.2) is 73.1 Å². The number of ether oxygens (including phenoxy) is 2. The van der Waals surface area contributed by atoms with E-state index in [-0.39, 0.29) is 12.0 Å². The van der Waals surface area contributed by atoms with Crippen molar-refractivity contribution in [3.8, 4) is 11.6 Å². The number of halogens is 1. The van der Waals surface area contributed by atoms with E-state index < -0.39 is 5.82 Å². The van der Waals surface area contributed by atoms with E-state index in [1.54, 1.807) is 36.7 Å². The highest BCUT2D eigenvalue weighted by atomic mass is 19.1.